The van der Waals surface area contributed by atoms with Crippen molar-refractivity contribution in [2.45, 2.75) is 119 Å². The predicted octanol–water partition coefficient (Wildman–Crippen LogP) is 6.76. The molecule has 4 saturated heterocycles. The van der Waals surface area contributed by atoms with Gasteiger partial charge in [0.25, 0.3) is 0 Å². The molecule has 0 spiro atoms. The van der Waals surface area contributed by atoms with Gasteiger partial charge in [0, 0.05) is 48.5 Å². The standard InChI is InChI=1S/C26H33N3O3.C25H32N4O2/c1-2-32-25(30)21-15-27-24(28-16-21)14-26(10-3-11-26)22-6-4-19(5-7-22)20-8-12-29(13-9-20)23-17-31-18-23;26-13-23(30)20-14-27-24(28-15-20)12-25(8-1-9-25)21-4-2-18(3-5-21)19-6-10-29(11-7-19)22-16-31-17-22/h4-7,15-16,20,23H,2-3,8-14,17-18H2,1H3;2-5,14-15,19,22H,1,6-13,16-17,26H2. The fourth-order valence-electron chi connectivity index (χ4n) is 10.7. The fourth-order valence-corrected chi connectivity index (χ4v) is 10.7. The maximum Gasteiger partial charge on any atom is 0.341 e. The van der Waals surface area contributed by atoms with Gasteiger partial charge in [0.05, 0.1) is 62.8 Å². The van der Waals surface area contributed by atoms with Crippen molar-refractivity contribution in [1.82, 2.24) is 29.7 Å². The van der Waals surface area contributed by atoms with Crippen LogP contribution in [-0.2, 0) is 37.9 Å². The Morgan fingerprint density at radius 2 is 1.03 bits per heavy atom. The highest BCUT2D eigenvalue weighted by Gasteiger charge is 2.41. The molecular formula is C51H65N7O5. The van der Waals surface area contributed by atoms with Gasteiger partial charge in [0.2, 0.25) is 0 Å². The van der Waals surface area contributed by atoms with Gasteiger partial charge < -0.3 is 19.9 Å². The van der Waals surface area contributed by atoms with E-state index in [9.17, 15) is 9.59 Å². The number of rotatable bonds is 14. The van der Waals surface area contributed by atoms with E-state index in [0.717, 1.165) is 63.8 Å². The van der Waals surface area contributed by atoms with Gasteiger partial charge >= 0.3 is 5.97 Å². The lowest BCUT2D eigenvalue weighted by Gasteiger charge is -2.43. The molecule has 0 bridgehead atoms. The van der Waals surface area contributed by atoms with E-state index >= 15 is 0 Å². The summed E-state index contributed by atoms with van der Waals surface area (Å²) in [6, 6.07) is 20.1. The predicted molar refractivity (Wildman–Crippen MR) is 241 cm³/mol. The third-order valence-corrected chi connectivity index (χ3v) is 15.4. The van der Waals surface area contributed by atoms with Crippen LogP contribution in [0.4, 0.5) is 0 Å². The summed E-state index contributed by atoms with van der Waals surface area (Å²) in [6.45, 7) is 10.5. The van der Waals surface area contributed by atoms with Crippen molar-refractivity contribution in [3.8, 4) is 0 Å². The molecule has 0 unspecified atom stereocenters. The van der Waals surface area contributed by atoms with Crippen LogP contribution >= 0.6 is 0 Å². The van der Waals surface area contributed by atoms with Crippen LogP contribution in [0.2, 0.25) is 0 Å². The Balaban J connectivity index is 0.000000160. The molecule has 2 aromatic heterocycles. The molecule has 2 aromatic carbocycles. The molecule has 2 N–H and O–H groups in total. The van der Waals surface area contributed by atoms with Crippen molar-refractivity contribution in [2.24, 2.45) is 5.73 Å². The molecule has 12 nitrogen and oxygen atoms in total. The summed E-state index contributed by atoms with van der Waals surface area (Å²) in [7, 11) is 0. The van der Waals surface area contributed by atoms with Gasteiger partial charge in [-0.25, -0.2) is 24.7 Å². The zero-order valence-corrected chi connectivity index (χ0v) is 37.1. The summed E-state index contributed by atoms with van der Waals surface area (Å²) in [6.07, 6.45) is 20.2. The summed E-state index contributed by atoms with van der Waals surface area (Å²) in [5.74, 6) is 2.46. The van der Waals surface area contributed by atoms with E-state index in [0.29, 0.717) is 41.7 Å². The highest BCUT2D eigenvalue weighted by Crippen LogP contribution is 2.47. The number of esters is 1. The Bertz CT molecular complexity index is 2120. The number of nitrogens with two attached hydrogens (primary N) is 1. The van der Waals surface area contributed by atoms with E-state index in [1.165, 1.54) is 99.8 Å². The van der Waals surface area contributed by atoms with Crippen molar-refractivity contribution in [1.29, 1.82) is 0 Å². The number of carbonyl (C=O) groups excluding carboxylic acids is 2. The first-order chi connectivity index (χ1) is 30.8. The molecule has 12 heteroatoms. The van der Waals surface area contributed by atoms with E-state index < -0.39 is 0 Å². The van der Waals surface area contributed by atoms with Crippen molar-refractivity contribution in [3.05, 3.63) is 118 Å². The molecule has 10 rings (SSSR count). The van der Waals surface area contributed by atoms with Crippen LogP contribution in [-0.4, -0.2) is 119 Å². The highest BCUT2D eigenvalue weighted by molar-refractivity contribution is 5.96. The van der Waals surface area contributed by atoms with E-state index in [-0.39, 0.29) is 29.1 Å². The summed E-state index contributed by atoms with van der Waals surface area (Å²) in [5, 5.41) is 0. The van der Waals surface area contributed by atoms with Gasteiger partial charge in [-0.2, -0.15) is 0 Å². The minimum Gasteiger partial charge on any atom is -0.462 e. The largest absolute Gasteiger partial charge is 0.462 e. The fraction of sp³-hybridized carbons (Fsp3) is 0.569. The van der Waals surface area contributed by atoms with Crippen LogP contribution in [0.5, 0.6) is 0 Å². The molecule has 6 aliphatic rings. The molecule has 4 aliphatic heterocycles. The number of hydrogen-bond donors (Lipinski definition) is 1. The van der Waals surface area contributed by atoms with Crippen LogP contribution in [0.15, 0.2) is 73.3 Å². The summed E-state index contributed by atoms with van der Waals surface area (Å²) in [5.41, 5.74) is 12.3. The Morgan fingerprint density at radius 3 is 1.35 bits per heavy atom. The molecule has 4 aromatic rings. The van der Waals surface area contributed by atoms with Crippen LogP contribution in [0, 0.1) is 0 Å². The van der Waals surface area contributed by atoms with Crippen LogP contribution in [0.25, 0.3) is 0 Å². The maximum absolute atomic E-state index is 11.9. The molecule has 6 heterocycles. The van der Waals surface area contributed by atoms with Gasteiger partial charge in [0.15, 0.2) is 5.78 Å². The number of nitrogens with zero attached hydrogens (tertiary/aromatic N) is 6. The second-order valence-corrected chi connectivity index (χ2v) is 19.0. The van der Waals surface area contributed by atoms with Crippen LogP contribution in [0.3, 0.4) is 0 Å². The Hall–Kier alpha value is -4.46. The Labute approximate surface area is 372 Å². The topological polar surface area (TPSA) is 146 Å². The van der Waals surface area contributed by atoms with Crippen molar-refractivity contribution in [3.63, 3.8) is 0 Å². The SMILES string of the molecule is CCOC(=O)c1cnc(CC2(c3ccc(C4CCN(C5COC5)CC4)cc3)CCC2)nc1.NCC(=O)c1cnc(CC2(c3ccc(C4CCN(C5COC5)CC4)cc3)CCC2)nc1. The van der Waals surface area contributed by atoms with Gasteiger partial charge in [0.1, 0.15) is 11.6 Å². The molecule has 0 radical (unpaired) electrons. The second kappa shape index (κ2) is 19.7. The lowest BCUT2D eigenvalue weighted by Crippen LogP contribution is -2.51. The second-order valence-electron chi connectivity index (χ2n) is 19.0. The van der Waals surface area contributed by atoms with E-state index in [2.05, 4.69) is 78.3 Å². The third-order valence-electron chi connectivity index (χ3n) is 15.4. The van der Waals surface area contributed by atoms with Gasteiger partial charge in [-0.05, 0) is 119 Å². The van der Waals surface area contributed by atoms with E-state index in [1.807, 2.05) is 0 Å². The molecule has 63 heavy (non-hydrogen) atoms. The molecule has 2 saturated carbocycles. The van der Waals surface area contributed by atoms with Gasteiger partial charge in [-0.15, -0.1) is 0 Å². The van der Waals surface area contributed by atoms with E-state index in [1.54, 1.807) is 31.7 Å². The molecule has 2 aliphatic carbocycles. The summed E-state index contributed by atoms with van der Waals surface area (Å²) in [4.78, 5) is 46.6. The average molecular weight is 856 g/mol. The minimum atomic E-state index is -0.361. The maximum atomic E-state index is 11.9. The smallest absolute Gasteiger partial charge is 0.341 e. The van der Waals surface area contributed by atoms with Gasteiger partial charge in [-0.1, -0.05) is 61.4 Å². The number of ether oxygens (including phenoxy) is 3. The zero-order valence-electron chi connectivity index (χ0n) is 37.1. The first-order valence-electron chi connectivity index (χ1n) is 23.7. The zero-order chi connectivity index (χ0) is 43.2. The Kier molecular flexibility index (Phi) is 13.7. The van der Waals surface area contributed by atoms with Crippen molar-refractivity contribution >= 4 is 11.8 Å². The number of Topliss-reactive ketones (excluding diaryl/α,β-unsaturated/α-hetero) is 1. The number of likely N-dealkylation sites (tertiary alicyclic amines) is 2. The van der Waals surface area contributed by atoms with Crippen molar-refractivity contribution < 1.29 is 23.8 Å². The highest BCUT2D eigenvalue weighted by atomic mass is 16.5. The summed E-state index contributed by atoms with van der Waals surface area (Å²) >= 11 is 0. The van der Waals surface area contributed by atoms with Crippen LogP contribution < -0.4 is 5.73 Å². The average Bonchev–Trinajstić information content (AvgIpc) is 3.26. The molecule has 0 amide bonds. The molecular weight excluding hydrogens is 791 g/mol. The number of carbonyl (C=O) groups is 2. The number of ketones is 1. The number of piperidine rings is 2. The summed E-state index contributed by atoms with van der Waals surface area (Å²) < 4.78 is 15.7. The third kappa shape index (κ3) is 9.81. The van der Waals surface area contributed by atoms with Crippen LogP contribution in [0.1, 0.15) is 138 Å². The molecule has 0 atom stereocenters. The van der Waals surface area contributed by atoms with Gasteiger partial charge in [-0.3, -0.25) is 14.6 Å². The number of aromatic nitrogens is 4. The first-order valence-corrected chi connectivity index (χ1v) is 23.7. The number of hydrogen-bond acceptors (Lipinski definition) is 12. The lowest BCUT2D eigenvalue weighted by molar-refractivity contribution is -0.0712. The normalized spacial score (nSPS) is 21.7. The minimum absolute atomic E-state index is 0.00693. The lowest BCUT2D eigenvalue weighted by atomic mass is 9.62. The monoisotopic (exact) mass is 856 g/mol. The quantitative estimate of drug-likeness (QED) is 0.106. The first kappa shape index (κ1) is 43.8. The van der Waals surface area contributed by atoms with E-state index in [4.69, 9.17) is 19.9 Å². The van der Waals surface area contributed by atoms with Crippen molar-refractivity contribution in [2.75, 3.05) is 65.8 Å². The molecule has 6 fully saturated rings. The Morgan fingerprint density at radius 1 is 0.635 bits per heavy atom. The molecule has 334 valence electrons. The number of benzene rings is 2.